The van der Waals surface area contributed by atoms with E-state index in [9.17, 15) is 4.79 Å². The molecule has 1 aliphatic heterocycles. The van der Waals surface area contributed by atoms with Crippen molar-refractivity contribution in [3.63, 3.8) is 0 Å². The Morgan fingerprint density at radius 3 is 2.82 bits per heavy atom. The third-order valence-corrected chi connectivity index (χ3v) is 2.58. The number of carboxylic acids is 1. The fourth-order valence-electron chi connectivity index (χ4n) is 1.74. The van der Waals surface area contributed by atoms with Gasteiger partial charge in [0.05, 0.1) is 18.9 Å². The van der Waals surface area contributed by atoms with Crippen molar-refractivity contribution in [2.45, 2.75) is 0 Å². The van der Waals surface area contributed by atoms with Crippen LogP contribution in [0.5, 0.6) is 0 Å². The number of carbonyl (C=O) groups is 1. The maximum absolute atomic E-state index is 11.1. The molecule has 0 unspecified atom stereocenters. The number of carboxylic acid groups (broad SMARTS) is 1. The van der Waals surface area contributed by atoms with Gasteiger partial charge < -0.3 is 14.7 Å². The van der Waals surface area contributed by atoms with E-state index in [-0.39, 0.29) is 11.3 Å². The van der Waals surface area contributed by atoms with Crippen molar-refractivity contribution in [3.8, 4) is 6.07 Å². The largest absolute Gasteiger partial charge is 0.478 e. The van der Waals surface area contributed by atoms with E-state index in [0.717, 1.165) is 0 Å². The molecule has 88 valence electrons. The Bertz CT molecular complexity index is 475. The lowest BCUT2D eigenvalue weighted by atomic mass is 10.2. The van der Waals surface area contributed by atoms with Crippen LogP contribution < -0.4 is 4.90 Å². The second-order valence-electron chi connectivity index (χ2n) is 3.60. The van der Waals surface area contributed by atoms with Gasteiger partial charge in [0.25, 0.3) is 0 Å². The second-order valence-corrected chi connectivity index (χ2v) is 3.60. The summed E-state index contributed by atoms with van der Waals surface area (Å²) in [6, 6.07) is 3.42. The van der Waals surface area contributed by atoms with Gasteiger partial charge in [-0.15, -0.1) is 0 Å². The summed E-state index contributed by atoms with van der Waals surface area (Å²) in [6.07, 6.45) is 1.23. The molecule has 1 aromatic rings. The highest BCUT2D eigenvalue weighted by Crippen LogP contribution is 2.21. The number of rotatable bonds is 2. The van der Waals surface area contributed by atoms with Gasteiger partial charge in [-0.3, -0.25) is 0 Å². The average molecular weight is 233 g/mol. The highest BCUT2D eigenvalue weighted by Gasteiger charge is 2.19. The maximum atomic E-state index is 11.1. The molecule has 6 nitrogen and oxygen atoms in total. The van der Waals surface area contributed by atoms with Gasteiger partial charge in [0.15, 0.2) is 0 Å². The van der Waals surface area contributed by atoms with Crippen molar-refractivity contribution in [2.24, 2.45) is 0 Å². The van der Waals surface area contributed by atoms with E-state index in [2.05, 4.69) is 4.98 Å². The predicted octanol–water partition coefficient (Wildman–Crippen LogP) is 0.488. The molecule has 2 rings (SSSR count). The predicted molar refractivity (Wildman–Crippen MR) is 58.9 cm³/mol. The summed E-state index contributed by atoms with van der Waals surface area (Å²) in [6.45, 7) is 2.36. The number of aromatic carboxylic acids is 1. The Morgan fingerprint density at radius 1 is 1.53 bits per heavy atom. The molecule has 17 heavy (non-hydrogen) atoms. The van der Waals surface area contributed by atoms with E-state index >= 15 is 0 Å². The highest BCUT2D eigenvalue weighted by atomic mass is 16.5. The van der Waals surface area contributed by atoms with Crippen molar-refractivity contribution < 1.29 is 14.6 Å². The number of aromatic nitrogens is 1. The summed E-state index contributed by atoms with van der Waals surface area (Å²) in [5.41, 5.74) is 0.870. The number of hydrogen-bond acceptors (Lipinski definition) is 5. The topological polar surface area (TPSA) is 86.5 Å². The van der Waals surface area contributed by atoms with Crippen molar-refractivity contribution in [1.29, 1.82) is 5.26 Å². The molecular weight excluding hydrogens is 222 g/mol. The van der Waals surface area contributed by atoms with Crippen LogP contribution in [0.2, 0.25) is 0 Å². The van der Waals surface area contributed by atoms with Gasteiger partial charge in [-0.05, 0) is 6.07 Å². The molecule has 0 atom stereocenters. The van der Waals surface area contributed by atoms with E-state index in [0.29, 0.717) is 32.0 Å². The third kappa shape index (κ3) is 2.34. The Hall–Kier alpha value is -2.13. The molecule has 0 bridgehead atoms. The number of ether oxygens (including phenoxy) is 1. The molecule has 2 heterocycles. The van der Waals surface area contributed by atoms with E-state index < -0.39 is 5.97 Å². The zero-order valence-corrected chi connectivity index (χ0v) is 9.09. The Morgan fingerprint density at radius 2 is 2.24 bits per heavy atom. The number of hydrogen-bond donors (Lipinski definition) is 1. The second kappa shape index (κ2) is 4.80. The van der Waals surface area contributed by atoms with Crippen LogP contribution in [0.15, 0.2) is 12.3 Å². The minimum absolute atomic E-state index is 0.117. The first-order valence-corrected chi connectivity index (χ1v) is 5.18. The molecule has 0 saturated carbocycles. The third-order valence-electron chi connectivity index (χ3n) is 2.58. The monoisotopic (exact) mass is 233 g/mol. The minimum atomic E-state index is -1.04. The normalized spacial score (nSPS) is 15.4. The fraction of sp³-hybridized carbons (Fsp3) is 0.364. The van der Waals surface area contributed by atoms with Crippen molar-refractivity contribution in [3.05, 3.63) is 23.5 Å². The first-order valence-electron chi connectivity index (χ1n) is 5.18. The van der Waals surface area contributed by atoms with Gasteiger partial charge in [0, 0.05) is 19.3 Å². The van der Waals surface area contributed by atoms with Crippen molar-refractivity contribution >= 4 is 11.7 Å². The summed E-state index contributed by atoms with van der Waals surface area (Å²) >= 11 is 0. The van der Waals surface area contributed by atoms with Crippen LogP contribution in [-0.2, 0) is 4.74 Å². The summed E-state index contributed by atoms with van der Waals surface area (Å²) in [5.74, 6) is -1.04. The van der Waals surface area contributed by atoms with Crippen LogP contribution >= 0.6 is 0 Å². The molecule has 1 aromatic heterocycles. The number of nitrogens with zero attached hydrogens (tertiary/aromatic N) is 3. The molecule has 1 fully saturated rings. The standard InChI is InChI=1S/C11H11N3O3/c12-6-8-5-10(9(7-13-8)11(15)16)14-1-3-17-4-2-14/h5,7H,1-4H2,(H,15,16). The molecule has 0 aliphatic carbocycles. The number of anilines is 1. The SMILES string of the molecule is N#Cc1cc(N2CCOCC2)c(C(=O)O)cn1. The van der Waals surface area contributed by atoms with E-state index in [1.54, 1.807) is 0 Å². The lowest BCUT2D eigenvalue weighted by Gasteiger charge is -2.29. The number of nitriles is 1. The number of pyridine rings is 1. The fourth-order valence-corrected chi connectivity index (χ4v) is 1.74. The van der Waals surface area contributed by atoms with Crippen LogP contribution in [0.1, 0.15) is 16.1 Å². The molecular formula is C11H11N3O3. The molecule has 1 N–H and O–H groups in total. The lowest BCUT2D eigenvalue weighted by Crippen LogP contribution is -2.37. The summed E-state index contributed by atoms with van der Waals surface area (Å²) in [5, 5.41) is 17.9. The quantitative estimate of drug-likeness (QED) is 0.799. The zero-order chi connectivity index (χ0) is 12.3. The first-order chi connectivity index (χ1) is 8.22. The lowest BCUT2D eigenvalue weighted by molar-refractivity contribution is 0.0696. The van der Waals surface area contributed by atoms with E-state index in [1.807, 2.05) is 11.0 Å². The minimum Gasteiger partial charge on any atom is -0.478 e. The van der Waals surface area contributed by atoms with Crippen molar-refractivity contribution in [1.82, 2.24) is 4.98 Å². The van der Waals surface area contributed by atoms with E-state index in [1.165, 1.54) is 12.3 Å². The molecule has 0 aromatic carbocycles. The van der Waals surface area contributed by atoms with Gasteiger partial charge in [0.2, 0.25) is 0 Å². The zero-order valence-electron chi connectivity index (χ0n) is 9.09. The maximum Gasteiger partial charge on any atom is 0.339 e. The van der Waals surface area contributed by atoms with Gasteiger partial charge >= 0.3 is 5.97 Å². The van der Waals surface area contributed by atoms with Crippen LogP contribution in [0.4, 0.5) is 5.69 Å². The Balaban J connectivity index is 2.41. The average Bonchev–Trinajstić information content (AvgIpc) is 2.39. The summed E-state index contributed by atoms with van der Waals surface area (Å²) in [4.78, 5) is 16.8. The molecule has 1 saturated heterocycles. The number of morpholine rings is 1. The smallest absolute Gasteiger partial charge is 0.339 e. The van der Waals surface area contributed by atoms with Crippen LogP contribution in [0.3, 0.4) is 0 Å². The molecule has 0 amide bonds. The Kier molecular flexibility index (Phi) is 3.21. The Labute approximate surface area is 98.1 Å². The van der Waals surface area contributed by atoms with Crippen molar-refractivity contribution in [2.75, 3.05) is 31.2 Å². The van der Waals surface area contributed by atoms with Crippen LogP contribution in [-0.4, -0.2) is 42.4 Å². The van der Waals surface area contributed by atoms with E-state index in [4.69, 9.17) is 15.1 Å². The van der Waals surface area contributed by atoms with Gasteiger partial charge in [0.1, 0.15) is 17.3 Å². The first kappa shape index (κ1) is 11.4. The summed E-state index contributed by atoms with van der Waals surface area (Å²) < 4.78 is 5.21. The molecule has 0 spiro atoms. The van der Waals surface area contributed by atoms with Gasteiger partial charge in [-0.1, -0.05) is 0 Å². The molecule has 0 radical (unpaired) electrons. The van der Waals surface area contributed by atoms with Gasteiger partial charge in [-0.25, -0.2) is 9.78 Å². The van der Waals surface area contributed by atoms with Crippen LogP contribution in [0.25, 0.3) is 0 Å². The molecule has 1 aliphatic rings. The highest BCUT2D eigenvalue weighted by molar-refractivity contribution is 5.94. The van der Waals surface area contributed by atoms with Crippen LogP contribution in [0, 0.1) is 11.3 Å². The molecule has 6 heteroatoms. The van der Waals surface area contributed by atoms with Gasteiger partial charge in [-0.2, -0.15) is 5.26 Å². The summed E-state index contributed by atoms with van der Waals surface area (Å²) in [7, 11) is 0.